The van der Waals surface area contributed by atoms with Gasteiger partial charge in [0.2, 0.25) is 5.95 Å². The molecule has 3 aromatic rings. The Bertz CT molecular complexity index is 963. The van der Waals surface area contributed by atoms with E-state index in [0.717, 1.165) is 5.56 Å². The molecule has 144 valence electrons. The maximum absolute atomic E-state index is 13.7. The van der Waals surface area contributed by atoms with Crippen molar-refractivity contribution in [1.82, 2.24) is 15.3 Å². The number of anilines is 1. The Labute approximate surface area is 168 Å². The van der Waals surface area contributed by atoms with Gasteiger partial charge in [-0.3, -0.25) is 4.79 Å². The number of hydrogen-bond donors (Lipinski definition) is 2. The van der Waals surface area contributed by atoms with E-state index in [1.165, 1.54) is 6.07 Å². The predicted molar refractivity (Wildman–Crippen MR) is 108 cm³/mol. The minimum Gasteiger partial charge on any atom is -0.350 e. The minimum atomic E-state index is -0.303. The molecule has 0 unspecified atom stereocenters. The zero-order valence-corrected chi connectivity index (χ0v) is 16.1. The lowest BCUT2D eigenvalue weighted by Crippen LogP contribution is -2.27. The highest BCUT2D eigenvalue weighted by Gasteiger charge is 2.11. The highest BCUT2D eigenvalue weighted by Crippen LogP contribution is 2.11. The molecule has 0 spiro atoms. The molecule has 0 aliphatic carbocycles. The molecule has 5 nitrogen and oxygen atoms in total. The second-order valence-corrected chi connectivity index (χ2v) is 6.73. The molecule has 0 radical (unpaired) electrons. The van der Waals surface area contributed by atoms with E-state index in [1.807, 2.05) is 24.3 Å². The van der Waals surface area contributed by atoms with E-state index < -0.39 is 0 Å². The molecule has 0 bridgehead atoms. The summed E-state index contributed by atoms with van der Waals surface area (Å²) in [6.07, 6.45) is 0.686. The highest BCUT2D eigenvalue weighted by molar-refractivity contribution is 6.30. The van der Waals surface area contributed by atoms with Gasteiger partial charge < -0.3 is 10.6 Å². The molecular formula is C21H20ClFN4O. The van der Waals surface area contributed by atoms with Crippen molar-refractivity contribution in [2.45, 2.75) is 19.9 Å². The molecule has 0 atom stereocenters. The Morgan fingerprint density at radius 2 is 1.86 bits per heavy atom. The molecule has 2 aromatic carbocycles. The average Bonchev–Trinajstić information content (AvgIpc) is 2.68. The van der Waals surface area contributed by atoms with Crippen LogP contribution in [0.3, 0.4) is 0 Å². The third-order valence-corrected chi connectivity index (χ3v) is 4.35. The standard InChI is InChI=1S/C21H20ClFN4O/c1-14-12-19(20(28)24-11-10-15-6-8-17(22)9-7-15)27-21(26-14)25-13-16-4-2-3-5-18(16)23/h2-9,12H,10-11,13H2,1H3,(H,24,28)(H,25,26,27). The number of benzene rings is 2. The number of aromatic nitrogens is 2. The number of hydrogen-bond acceptors (Lipinski definition) is 4. The lowest BCUT2D eigenvalue weighted by atomic mass is 10.1. The monoisotopic (exact) mass is 398 g/mol. The summed E-state index contributed by atoms with van der Waals surface area (Å²) in [5, 5.41) is 6.50. The number of carbonyl (C=O) groups excluding carboxylic acids is 1. The molecule has 1 heterocycles. The summed E-state index contributed by atoms with van der Waals surface area (Å²) in [6.45, 7) is 2.48. The van der Waals surface area contributed by atoms with Crippen LogP contribution in [0.2, 0.25) is 5.02 Å². The topological polar surface area (TPSA) is 66.9 Å². The smallest absolute Gasteiger partial charge is 0.270 e. The van der Waals surface area contributed by atoms with Gasteiger partial charge in [0.15, 0.2) is 0 Å². The number of nitrogens with zero attached hydrogens (tertiary/aromatic N) is 2. The van der Waals surface area contributed by atoms with Crippen LogP contribution in [0.25, 0.3) is 0 Å². The van der Waals surface area contributed by atoms with Gasteiger partial charge in [-0.2, -0.15) is 0 Å². The summed E-state index contributed by atoms with van der Waals surface area (Å²) in [6, 6.07) is 15.6. The van der Waals surface area contributed by atoms with E-state index in [2.05, 4.69) is 20.6 Å². The maximum Gasteiger partial charge on any atom is 0.270 e. The molecule has 1 amide bonds. The molecular weight excluding hydrogens is 379 g/mol. The zero-order chi connectivity index (χ0) is 19.9. The molecule has 0 aliphatic rings. The number of nitrogens with one attached hydrogen (secondary N) is 2. The Morgan fingerprint density at radius 1 is 1.11 bits per heavy atom. The average molecular weight is 399 g/mol. The fourth-order valence-electron chi connectivity index (χ4n) is 2.64. The van der Waals surface area contributed by atoms with Gasteiger partial charge in [-0.15, -0.1) is 0 Å². The van der Waals surface area contributed by atoms with Gasteiger partial charge in [-0.05, 0) is 43.2 Å². The zero-order valence-electron chi connectivity index (χ0n) is 15.4. The third kappa shape index (κ3) is 5.50. The van der Waals surface area contributed by atoms with E-state index in [-0.39, 0.29) is 29.9 Å². The number of aryl methyl sites for hydroxylation is 1. The molecule has 0 saturated carbocycles. The van der Waals surface area contributed by atoms with Gasteiger partial charge >= 0.3 is 0 Å². The van der Waals surface area contributed by atoms with Crippen molar-refractivity contribution in [3.63, 3.8) is 0 Å². The van der Waals surface area contributed by atoms with Gasteiger partial charge in [-0.25, -0.2) is 14.4 Å². The first-order valence-electron chi connectivity index (χ1n) is 8.87. The van der Waals surface area contributed by atoms with Gasteiger partial charge in [0, 0.05) is 29.4 Å². The van der Waals surface area contributed by atoms with Gasteiger partial charge in [0.05, 0.1) is 0 Å². The molecule has 7 heteroatoms. The molecule has 3 rings (SSSR count). The fraction of sp³-hybridized carbons (Fsp3) is 0.190. The molecule has 0 saturated heterocycles. The second kappa shape index (κ2) is 9.28. The normalized spacial score (nSPS) is 10.5. The van der Waals surface area contributed by atoms with E-state index in [9.17, 15) is 9.18 Å². The number of halogens is 2. The Balaban J connectivity index is 1.59. The summed E-state index contributed by atoms with van der Waals surface area (Å²) in [7, 11) is 0. The summed E-state index contributed by atoms with van der Waals surface area (Å²) < 4.78 is 13.7. The summed E-state index contributed by atoms with van der Waals surface area (Å²) in [5.74, 6) is -0.303. The first-order chi connectivity index (χ1) is 13.5. The Hall–Kier alpha value is -2.99. The largest absolute Gasteiger partial charge is 0.350 e. The van der Waals surface area contributed by atoms with Crippen molar-refractivity contribution >= 4 is 23.5 Å². The number of amides is 1. The van der Waals surface area contributed by atoms with Crippen LogP contribution in [0.15, 0.2) is 54.6 Å². The van der Waals surface area contributed by atoms with Crippen molar-refractivity contribution in [3.8, 4) is 0 Å². The Morgan fingerprint density at radius 3 is 2.61 bits per heavy atom. The fourth-order valence-corrected chi connectivity index (χ4v) is 2.77. The van der Waals surface area contributed by atoms with Crippen molar-refractivity contribution < 1.29 is 9.18 Å². The first-order valence-corrected chi connectivity index (χ1v) is 9.24. The van der Waals surface area contributed by atoms with Crippen molar-refractivity contribution in [3.05, 3.63) is 88.0 Å². The molecule has 2 N–H and O–H groups in total. The van der Waals surface area contributed by atoms with Gasteiger partial charge in [-0.1, -0.05) is 41.9 Å². The van der Waals surface area contributed by atoms with E-state index in [4.69, 9.17) is 11.6 Å². The van der Waals surface area contributed by atoms with Crippen LogP contribution in [0.1, 0.15) is 27.3 Å². The highest BCUT2D eigenvalue weighted by atomic mass is 35.5. The molecule has 1 aromatic heterocycles. The first kappa shape index (κ1) is 19.8. The van der Waals surface area contributed by atoms with Crippen LogP contribution < -0.4 is 10.6 Å². The minimum absolute atomic E-state index is 0.230. The van der Waals surface area contributed by atoms with Crippen LogP contribution in [-0.4, -0.2) is 22.4 Å². The lowest BCUT2D eigenvalue weighted by molar-refractivity contribution is 0.0949. The van der Waals surface area contributed by atoms with Crippen LogP contribution in [-0.2, 0) is 13.0 Å². The van der Waals surface area contributed by atoms with Gasteiger partial charge in [0.25, 0.3) is 5.91 Å². The SMILES string of the molecule is Cc1cc(C(=O)NCCc2ccc(Cl)cc2)nc(NCc2ccccc2F)n1. The van der Waals surface area contributed by atoms with Crippen molar-refractivity contribution in [2.24, 2.45) is 0 Å². The van der Waals surface area contributed by atoms with Crippen LogP contribution >= 0.6 is 11.6 Å². The molecule has 0 fully saturated rings. The van der Waals surface area contributed by atoms with E-state index >= 15 is 0 Å². The maximum atomic E-state index is 13.7. The van der Waals surface area contributed by atoms with Crippen molar-refractivity contribution in [2.75, 3.05) is 11.9 Å². The summed E-state index contributed by atoms with van der Waals surface area (Å²) >= 11 is 5.87. The van der Waals surface area contributed by atoms with Crippen LogP contribution in [0, 0.1) is 12.7 Å². The van der Waals surface area contributed by atoms with E-state index in [1.54, 1.807) is 31.2 Å². The second-order valence-electron chi connectivity index (χ2n) is 6.30. The number of carbonyl (C=O) groups is 1. The number of rotatable bonds is 7. The molecule has 0 aliphatic heterocycles. The summed E-state index contributed by atoms with van der Waals surface area (Å²) in [4.78, 5) is 20.9. The Kier molecular flexibility index (Phi) is 6.55. The summed E-state index contributed by atoms with van der Waals surface area (Å²) in [5.41, 5.74) is 2.49. The third-order valence-electron chi connectivity index (χ3n) is 4.09. The van der Waals surface area contributed by atoms with Crippen LogP contribution in [0.4, 0.5) is 10.3 Å². The van der Waals surface area contributed by atoms with Crippen molar-refractivity contribution in [1.29, 1.82) is 0 Å². The van der Waals surface area contributed by atoms with E-state index in [0.29, 0.717) is 29.2 Å². The quantitative estimate of drug-likeness (QED) is 0.627. The lowest BCUT2D eigenvalue weighted by Gasteiger charge is -2.09. The molecule has 28 heavy (non-hydrogen) atoms. The van der Waals surface area contributed by atoms with Gasteiger partial charge in [0.1, 0.15) is 11.5 Å². The van der Waals surface area contributed by atoms with Crippen LogP contribution in [0.5, 0.6) is 0 Å². The predicted octanol–water partition coefficient (Wildman–Crippen LogP) is 4.16.